The maximum atomic E-state index is 12.1. The molecular weight excluding hydrogens is 242 g/mol. The summed E-state index contributed by atoms with van der Waals surface area (Å²) < 4.78 is 0. The molecule has 0 aromatic heterocycles. The van der Waals surface area contributed by atoms with Crippen LogP contribution < -0.4 is 16.5 Å². The lowest BCUT2D eigenvalue weighted by Crippen LogP contribution is -2.50. The van der Waals surface area contributed by atoms with Gasteiger partial charge < -0.3 is 10.6 Å². The van der Waals surface area contributed by atoms with Crippen LogP contribution in [0.25, 0.3) is 0 Å². The molecule has 1 unspecified atom stereocenters. The molecule has 4 N–H and O–H groups in total. The minimum Gasteiger partial charge on any atom is -0.350 e. The Morgan fingerprint density at radius 3 is 2.89 bits per heavy atom. The topological polar surface area (TPSA) is 76.4 Å². The highest BCUT2D eigenvalue weighted by Crippen LogP contribution is 2.07. The predicted molar refractivity (Wildman–Crippen MR) is 73.2 cm³/mol. The van der Waals surface area contributed by atoms with Crippen molar-refractivity contribution < 1.29 is 9.63 Å². The number of rotatable bonds is 5. The summed E-state index contributed by atoms with van der Waals surface area (Å²) in [6.07, 6.45) is 1.94. The molecule has 0 spiro atoms. The van der Waals surface area contributed by atoms with Crippen molar-refractivity contribution in [2.24, 2.45) is 5.90 Å². The first kappa shape index (κ1) is 14.0. The first-order chi connectivity index (χ1) is 9.29. The number of carbonyl (C=O) groups is 1. The molecule has 1 aliphatic rings. The molecule has 2 atom stereocenters. The van der Waals surface area contributed by atoms with Crippen LogP contribution in [0.4, 0.5) is 0 Å². The van der Waals surface area contributed by atoms with Crippen LogP contribution in [0.1, 0.15) is 18.4 Å². The first-order valence-corrected chi connectivity index (χ1v) is 6.70. The zero-order valence-electron chi connectivity index (χ0n) is 11.0. The fraction of sp³-hybridized carbons (Fsp3) is 0.500. The van der Waals surface area contributed by atoms with E-state index in [0.29, 0.717) is 6.42 Å². The SMILES string of the molecule is NOC(Cc1ccccc1)C(=O)N[C@H]1CCCNC1. The van der Waals surface area contributed by atoms with E-state index in [1.54, 1.807) is 0 Å². The van der Waals surface area contributed by atoms with E-state index in [9.17, 15) is 4.79 Å². The Kier molecular flexibility index (Phi) is 5.32. The Bertz CT molecular complexity index is 391. The first-order valence-electron chi connectivity index (χ1n) is 6.70. The van der Waals surface area contributed by atoms with E-state index in [4.69, 9.17) is 10.7 Å². The number of nitrogens with one attached hydrogen (secondary N) is 2. The van der Waals surface area contributed by atoms with E-state index < -0.39 is 6.10 Å². The van der Waals surface area contributed by atoms with E-state index >= 15 is 0 Å². The summed E-state index contributed by atoms with van der Waals surface area (Å²) in [5, 5.41) is 6.24. The highest BCUT2D eigenvalue weighted by Gasteiger charge is 2.23. The minimum absolute atomic E-state index is 0.139. The van der Waals surface area contributed by atoms with Crippen LogP contribution in [-0.2, 0) is 16.1 Å². The molecule has 0 bridgehead atoms. The summed E-state index contributed by atoms with van der Waals surface area (Å²) in [5.74, 6) is 5.11. The molecule has 0 saturated carbocycles. The highest BCUT2D eigenvalue weighted by atomic mass is 16.6. The summed E-state index contributed by atoms with van der Waals surface area (Å²) in [6.45, 7) is 1.83. The molecule has 19 heavy (non-hydrogen) atoms. The third-order valence-corrected chi connectivity index (χ3v) is 3.36. The molecule has 1 aromatic carbocycles. The van der Waals surface area contributed by atoms with Crippen molar-refractivity contribution in [3.05, 3.63) is 35.9 Å². The average molecular weight is 263 g/mol. The summed E-state index contributed by atoms with van der Waals surface area (Å²) in [4.78, 5) is 16.9. The van der Waals surface area contributed by atoms with Gasteiger partial charge in [-0.25, -0.2) is 5.90 Å². The van der Waals surface area contributed by atoms with Crippen LogP contribution in [0.15, 0.2) is 30.3 Å². The van der Waals surface area contributed by atoms with Crippen molar-refractivity contribution in [1.29, 1.82) is 0 Å². The molecular formula is C14H21N3O2. The fourth-order valence-electron chi connectivity index (χ4n) is 2.30. The molecule has 5 nitrogen and oxygen atoms in total. The number of hydrogen-bond donors (Lipinski definition) is 3. The zero-order chi connectivity index (χ0) is 13.5. The Labute approximate surface area is 113 Å². The van der Waals surface area contributed by atoms with E-state index in [1.165, 1.54) is 0 Å². The molecule has 1 amide bonds. The third-order valence-electron chi connectivity index (χ3n) is 3.36. The van der Waals surface area contributed by atoms with Crippen LogP contribution in [-0.4, -0.2) is 31.1 Å². The molecule has 1 aliphatic heterocycles. The van der Waals surface area contributed by atoms with Crippen molar-refractivity contribution in [2.75, 3.05) is 13.1 Å². The monoisotopic (exact) mass is 263 g/mol. The van der Waals surface area contributed by atoms with Gasteiger partial charge in [0.25, 0.3) is 5.91 Å². The van der Waals surface area contributed by atoms with E-state index in [-0.39, 0.29) is 11.9 Å². The van der Waals surface area contributed by atoms with Gasteiger partial charge in [0.1, 0.15) is 0 Å². The van der Waals surface area contributed by atoms with Crippen LogP contribution in [0.3, 0.4) is 0 Å². The molecule has 1 fully saturated rings. The van der Waals surface area contributed by atoms with E-state index in [1.807, 2.05) is 30.3 Å². The Morgan fingerprint density at radius 1 is 1.47 bits per heavy atom. The van der Waals surface area contributed by atoms with Gasteiger partial charge in [0.05, 0.1) is 0 Å². The van der Waals surface area contributed by atoms with Gasteiger partial charge >= 0.3 is 0 Å². The van der Waals surface area contributed by atoms with Crippen molar-refractivity contribution in [3.8, 4) is 0 Å². The molecule has 104 valence electrons. The summed E-state index contributed by atoms with van der Waals surface area (Å²) in [7, 11) is 0. The van der Waals surface area contributed by atoms with Crippen molar-refractivity contribution in [2.45, 2.75) is 31.4 Å². The van der Waals surface area contributed by atoms with E-state index in [0.717, 1.165) is 31.5 Å². The number of carbonyl (C=O) groups excluding carboxylic acids is 1. The van der Waals surface area contributed by atoms with Gasteiger partial charge in [-0.3, -0.25) is 9.63 Å². The van der Waals surface area contributed by atoms with Crippen LogP contribution >= 0.6 is 0 Å². The molecule has 0 aliphatic carbocycles. The molecule has 0 radical (unpaired) electrons. The minimum atomic E-state index is -0.635. The Balaban J connectivity index is 1.87. The third kappa shape index (κ3) is 4.31. The van der Waals surface area contributed by atoms with Gasteiger partial charge in [-0.1, -0.05) is 30.3 Å². The normalized spacial score (nSPS) is 20.8. The average Bonchev–Trinajstić information content (AvgIpc) is 2.47. The van der Waals surface area contributed by atoms with Crippen molar-refractivity contribution >= 4 is 5.91 Å². The zero-order valence-corrected chi connectivity index (χ0v) is 11.0. The maximum Gasteiger partial charge on any atom is 0.251 e. The van der Waals surface area contributed by atoms with Gasteiger partial charge in [-0.15, -0.1) is 0 Å². The second kappa shape index (κ2) is 7.23. The number of amides is 1. The summed E-state index contributed by atoms with van der Waals surface area (Å²) in [6, 6.07) is 9.91. The molecule has 1 saturated heterocycles. The lowest BCUT2D eigenvalue weighted by atomic mass is 10.1. The van der Waals surface area contributed by atoms with Crippen LogP contribution in [0, 0.1) is 0 Å². The molecule has 1 aromatic rings. The molecule has 2 rings (SSSR count). The van der Waals surface area contributed by atoms with Gasteiger partial charge in [-0.05, 0) is 24.9 Å². The summed E-state index contributed by atoms with van der Waals surface area (Å²) in [5.41, 5.74) is 1.04. The second-order valence-corrected chi connectivity index (χ2v) is 4.87. The maximum absolute atomic E-state index is 12.1. The number of hydrogen-bond acceptors (Lipinski definition) is 4. The smallest absolute Gasteiger partial charge is 0.251 e. The summed E-state index contributed by atoms with van der Waals surface area (Å²) >= 11 is 0. The number of piperidine rings is 1. The number of benzene rings is 1. The standard InChI is InChI=1S/C14H21N3O2/c15-19-13(9-11-5-2-1-3-6-11)14(18)17-12-7-4-8-16-10-12/h1-3,5-6,12-13,16H,4,7-10,15H2,(H,17,18)/t12-,13?/m0/s1. The fourth-order valence-corrected chi connectivity index (χ4v) is 2.30. The highest BCUT2D eigenvalue weighted by molar-refractivity contribution is 5.81. The molecule has 5 heteroatoms. The largest absolute Gasteiger partial charge is 0.350 e. The van der Waals surface area contributed by atoms with Gasteiger partial charge in [0.2, 0.25) is 0 Å². The lowest BCUT2D eigenvalue weighted by Gasteiger charge is -2.25. The van der Waals surface area contributed by atoms with Crippen LogP contribution in [0.2, 0.25) is 0 Å². The van der Waals surface area contributed by atoms with Crippen molar-refractivity contribution in [3.63, 3.8) is 0 Å². The lowest BCUT2D eigenvalue weighted by molar-refractivity contribution is -0.133. The van der Waals surface area contributed by atoms with Crippen LogP contribution in [0.5, 0.6) is 0 Å². The van der Waals surface area contributed by atoms with Gasteiger partial charge in [0, 0.05) is 19.0 Å². The predicted octanol–water partition coefficient (Wildman–Crippen LogP) is 0.356. The van der Waals surface area contributed by atoms with E-state index in [2.05, 4.69) is 10.6 Å². The van der Waals surface area contributed by atoms with Crippen molar-refractivity contribution in [1.82, 2.24) is 10.6 Å². The van der Waals surface area contributed by atoms with Gasteiger partial charge in [-0.2, -0.15) is 0 Å². The number of nitrogens with two attached hydrogens (primary N) is 1. The molecule has 1 heterocycles. The Morgan fingerprint density at radius 2 is 2.26 bits per heavy atom. The Hall–Kier alpha value is -1.43. The second-order valence-electron chi connectivity index (χ2n) is 4.87. The quantitative estimate of drug-likeness (QED) is 0.670. The van der Waals surface area contributed by atoms with Gasteiger partial charge in [0.15, 0.2) is 6.10 Å².